The lowest BCUT2D eigenvalue weighted by molar-refractivity contribution is -0.130. The molecule has 0 bridgehead atoms. The standard InChI is InChI=1S/C20H17F2N3O2/c1-12-2-4-14(5-3-12)19-23-20(27-24-19)17-6-7-18(26)25(17)11-13-8-15(21)10-16(22)9-13/h2-5,8-10,17H,6-7,11H2,1H3. The summed E-state index contributed by atoms with van der Waals surface area (Å²) in [6.45, 7) is 2.07. The lowest BCUT2D eigenvalue weighted by Gasteiger charge is -2.22. The van der Waals surface area contributed by atoms with Gasteiger partial charge in [-0.1, -0.05) is 35.0 Å². The molecular weight excluding hydrogens is 352 g/mol. The molecule has 7 heteroatoms. The van der Waals surface area contributed by atoms with Gasteiger partial charge in [-0.2, -0.15) is 4.98 Å². The van der Waals surface area contributed by atoms with Crippen LogP contribution in [0.2, 0.25) is 0 Å². The van der Waals surface area contributed by atoms with E-state index in [0.717, 1.165) is 17.2 Å². The lowest BCUT2D eigenvalue weighted by Crippen LogP contribution is -2.27. The smallest absolute Gasteiger partial charge is 0.249 e. The average molecular weight is 369 g/mol. The number of aryl methyl sites for hydroxylation is 1. The molecule has 0 aliphatic carbocycles. The summed E-state index contributed by atoms with van der Waals surface area (Å²) in [4.78, 5) is 18.3. The molecule has 0 N–H and O–H groups in total. The fourth-order valence-electron chi connectivity index (χ4n) is 3.28. The molecule has 1 saturated heterocycles. The number of nitrogens with zero attached hydrogens (tertiary/aromatic N) is 3. The van der Waals surface area contributed by atoms with Crippen LogP contribution in [0.15, 0.2) is 47.0 Å². The zero-order valence-electron chi connectivity index (χ0n) is 14.7. The van der Waals surface area contributed by atoms with E-state index in [2.05, 4.69) is 10.1 Å². The number of amides is 1. The molecule has 2 aromatic carbocycles. The van der Waals surface area contributed by atoms with Gasteiger partial charge in [0.2, 0.25) is 17.6 Å². The van der Waals surface area contributed by atoms with Crippen molar-refractivity contribution in [2.24, 2.45) is 0 Å². The molecular formula is C20H17F2N3O2. The minimum Gasteiger partial charge on any atom is -0.337 e. The highest BCUT2D eigenvalue weighted by Crippen LogP contribution is 2.34. The van der Waals surface area contributed by atoms with E-state index in [1.165, 1.54) is 17.0 Å². The molecule has 1 fully saturated rings. The molecule has 0 radical (unpaired) electrons. The monoisotopic (exact) mass is 369 g/mol. The number of rotatable bonds is 4. The topological polar surface area (TPSA) is 59.2 Å². The maximum atomic E-state index is 13.5. The predicted octanol–water partition coefficient (Wildman–Crippen LogP) is 4.19. The van der Waals surface area contributed by atoms with Gasteiger partial charge in [0.1, 0.15) is 17.7 Å². The number of benzene rings is 2. The van der Waals surface area contributed by atoms with Crippen molar-refractivity contribution in [2.45, 2.75) is 32.4 Å². The summed E-state index contributed by atoms with van der Waals surface area (Å²) in [6.07, 6.45) is 0.844. The summed E-state index contributed by atoms with van der Waals surface area (Å²) in [5.74, 6) is -0.686. The van der Waals surface area contributed by atoms with Crippen LogP contribution in [0.4, 0.5) is 8.78 Å². The van der Waals surface area contributed by atoms with E-state index in [0.29, 0.717) is 30.1 Å². The molecule has 1 atom stereocenters. The molecule has 1 aliphatic rings. The quantitative estimate of drug-likeness (QED) is 0.692. The number of carbonyl (C=O) groups is 1. The molecule has 2 heterocycles. The number of halogens is 2. The van der Waals surface area contributed by atoms with Crippen molar-refractivity contribution in [1.82, 2.24) is 15.0 Å². The van der Waals surface area contributed by atoms with Gasteiger partial charge in [-0.3, -0.25) is 4.79 Å². The maximum absolute atomic E-state index is 13.5. The summed E-state index contributed by atoms with van der Waals surface area (Å²) in [6, 6.07) is 10.5. The Morgan fingerprint density at radius 2 is 1.85 bits per heavy atom. The van der Waals surface area contributed by atoms with E-state index in [-0.39, 0.29) is 12.5 Å². The van der Waals surface area contributed by atoms with E-state index in [4.69, 9.17) is 4.52 Å². The van der Waals surface area contributed by atoms with Gasteiger partial charge in [0.15, 0.2) is 0 Å². The lowest BCUT2D eigenvalue weighted by atomic mass is 10.1. The molecule has 1 aliphatic heterocycles. The molecule has 138 valence electrons. The Kier molecular flexibility index (Phi) is 4.43. The highest BCUT2D eigenvalue weighted by molar-refractivity contribution is 5.78. The van der Waals surface area contributed by atoms with Crippen LogP contribution in [0.1, 0.15) is 35.9 Å². The van der Waals surface area contributed by atoms with E-state index in [1.807, 2.05) is 31.2 Å². The van der Waals surface area contributed by atoms with Crippen LogP contribution in [0.5, 0.6) is 0 Å². The molecule has 0 saturated carbocycles. The van der Waals surface area contributed by atoms with Crippen molar-refractivity contribution < 1.29 is 18.1 Å². The Balaban J connectivity index is 1.59. The molecule has 1 unspecified atom stereocenters. The van der Waals surface area contributed by atoms with Crippen LogP contribution < -0.4 is 0 Å². The second-order valence-corrected chi connectivity index (χ2v) is 6.68. The van der Waals surface area contributed by atoms with Crippen molar-refractivity contribution >= 4 is 5.91 Å². The number of hydrogen-bond donors (Lipinski definition) is 0. The Bertz CT molecular complexity index is 965. The number of carbonyl (C=O) groups excluding carboxylic acids is 1. The molecule has 27 heavy (non-hydrogen) atoms. The zero-order chi connectivity index (χ0) is 19.0. The second kappa shape index (κ2) is 6.90. The number of hydrogen-bond acceptors (Lipinski definition) is 4. The largest absolute Gasteiger partial charge is 0.337 e. The summed E-state index contributed by atoms with van der Waals surface area (Å²) >= 11 is 0. The third kappa shape index (κ3) is 3.58. The number of aromatic nitrogens is 2. The zero-order valence-corrected chi connectivity index (χ0v) is 14.7. The van der Waals surface area contributed by atoms with E-state index in [1.54, 1.807) is 0 Å². The van der Waals surface area contributed by atoms with Crippen molar-refractivity contribution in [3.05, 3.63) is 71.1 Å². The van der Waals surface area contributed by atoms with Gasteiger partial charge < -0.3 is 9.42 Å². The van der Waals surface area contributed by atoms with Gasteiger partial charge in [-0.15, -0.1) is 0 Å². The van der Waals surface area contributed by atoms with E-state index in [9.17, 15) is 13.6 Å². The maximum Gasteiger partial charge on any atom is 0.249 e. The summed E-state index contributed by atoms with van der Waals surface area (Å²) in [5, 5.41) is 4.01. The first-order valence-electron chi connectivity index (χ1n) is 8.65. The fourth-order valence-corrected chi connectivity index (χ4v) is 3.28. The van der Waals surface area contributed by atoms with Crippen LogP contribution in [-0.4, -0.2) is 20.9 Å². The highest BCUT2D eigenvalue weighted by Gasteiger charge is 2.36. The van der Waals surface area contributed by atoms with Gasteiger partial charge in [-0.05, 0) is 31.0 Å². The molecule has 5 nitrogen and oxygen atoms in total. The third-order valence-electron chi connectivity index (χ3n) is 4.64. The van der Waals surface area contributed by atoms with Gasteiger partial charge in [0, 0.05) is 24.6 Å². The van der Waals surface area contributed by atoms with Crippen LogP contribution in [0, 0.1) is 18.6 Å². The van der Waals surface area contributed by atoms with Crippen molar-refractivity contribution in [2.75, 3.05) is 0 Å². The summed E-state index contributed by atoms with van der Waals surface area (Å²) in [5.41, 5.74) is 2.32. The average Bonchev–Trinajstić information content (AvgIpc) is 3.23. The molecule has 1 amide bonds. The molecule has 3 aromatic rings. The predicted molar refractivity (Wildman–Crippen MR) is 93.4 cm³/mol. The van der Waals surface area contributed by atoms with Crippen LogP contribution >= 0.6 is 0 Å². The van der Waals surface area contributed by atoms with E-state index < -0.39 is 17.7 Å². The minimum absolute atomic E-state index is 0.0838. The van der Waals surface area contributed by atoms with Gasteiger partial charge in [0.25, 0.3) is 0 Å². The van der Waals surface area contributed by atoms with Gasteiger partial charge >= 0.3 is 0 Å². The third-order valence-corrected chi connectivity index (χ3v) is 4.64. The van der Waals surface area contributed by atoms with Gasteiger partial charge in [0.05, 0.1) is 0 Å². The highest BCUT2D eigenvalue weighted by atomic mass is 19.1. The minimum atomic E-state index is -0.673. The Morgan fingerprint density at radius 3 is 2.56 bits per heavy atom. The normalized spacial score (nSPS) is 16.9. The van der Waals surface area contributed by atoms with Gasteiger partial charge in [-0.25, -0.2) is 8.78 Å². The summed E-state index contributed by atoms with van der Waals surface area (Å²) in [7, 11) is 0. The molecule has 0 spiro atoms. The SMILES string of the molecule is Cc1ccc(-c2noc(C3CCC(=O)N3Cc3cc(F)cc(F)c3)n2)cc1. The first-order valence-corrected chi connectivity index (χ1v) is 8.65. The fraction of sp³-hybridized carbons (Fsp3) is 0.250. The Labute approximate surface area is 154 Å². The van der Waals surface area contributed by atoms with Crippen molar-refractivity contribution in [3.8, 4) is 11.4 Å². The Morgan fingerprint density at radius 1 is 1.15 bits per heavy atom. The first kappa shape index (κ1) is 17.3. The number of likely N-dealkylation sites (tertiary alicyclic amines) is 1. The first-order chi connectivity index (χ1) is 13.0. The van der Waals surface area contributed by atoms with Crippen LogP contribution in [-0.2, 0) is 11.3 Å². The Hall–Kier alpha value is -3.09. The van der Waals surface area contributed by atoms with Crippen molar-refractivity contribution in [1.29, 1.82) is 0 Å². The van der Waals surface area contributed by atoms with Crippen LogP contribution in [0.3, 0.4) is 0 Å². The van der Waals surface area contributed by atoms with Crippen LogP contribution in [0.25, 0.3) is 11.4 Å². The summed E-state index contributed by atoms with van der Waals surface area (Å²) < 4.78 is 32.3. The second-order valence-electron chi connectivity index (χ2n) is 6.68. The van der Waals surface area contributed by atoms with E-state index >= 15 is 0 Å². The van der Waals surface area contributed by atoms with Crippen molar-refractivity contribution in [3.63, 3.8) is 0 Å². The molecule has 1 aromatic heterocycles. The molecule has 4 rings (SSSR count).